The first-order valence-electron chi connectivity index (χ1n) is 11.9. The molecular formula is C24H31FN8O. The molecule has 180 valence electrons. The van der Waals surface area contributed by atoms with Gasteiger partial charge in [-0.25, -0.2) is 19.8 Å². The van der Waals surface area contributed by atoms with Gasteiger partial charge in [0.25, 0.3) is 0 Å². The fraction of sp³-hybridized carbons (Fsp3) is 0.458. The van der Waals surface area contributed by atoms with Crippen molar-refractivity contribution in [2.75, 3.05) is 44.7 Å². The molecule has 0 spiro atoms. The van der Waals surface area contributed by atoms with Gasteiger partial charge in [0.2, 0.25) is 0 Å². The highest BCUT2D eigenvalue weighted by atomic mass is 19.1. The normalized spacial score (nSPS) is 20.1. The molecule has 0 atom stereocenters. The van der Waals surface area contributed by atoms with Gasteiger partial charge in [0.05, 0.1) is 12.3 Å². The number of benzene rings is 1. The van der Waals surface area contributed by atoms with E-state index >= 15 is 0 Å². The SMILES string of the molecule is OC1CCN(C2CN(C3=NCN(NCCc4ccc(F)cc4)C(Nc4cnccn4)=C3)C2)CC1. The maximum Gasteiger partial charge on any atom is 0.149 e. The van der Waals surface area contributed by atoms with E-state index in [1.807, 2.05) is 11.1 Å². The third-order valence-electron chi connectivity index (χ3n) is 6.58. The number of aliphatic imine (C=N–C) groups is 1. The summed E-state index contributed by atoms with van der Waals surface area (Å²) in [6.07, 6.45) is 9.38. The van der Waals surface area contributed by atoms with E-state index in [0.29, 0.717) is 25.1 Å². The van der Waals surface area contributed by atoms with Crippen LogP contribution in [0.3, 0.4) is 0 Å². The van der Waals surface area contributed by atoms with Crippen LogP contribution < -0.4 is 10.7 Å². The number of hydrazine groups is 1. The zero-order valence-electron chi connectivity index (χ0n) is 19.1. The van der Waals surface area contributed by atoms with Gasteiger partial charge in [0, 0.05) is 57.2 Å². The summed E-state index contributed by atoms with van der Waals surface area (Å²) in [4.78, 5) is 18.1. The number of hydrogen-bond donors (Lipinski definition) is 3. The van der Waals surface area contributed by atoms with Crippen LogP contribution in [0.2, 0.25) is 0 Å². The Bertz CT molecular complexity index is 1000. The number of anilines is 1. The Morgan fingerprint density at radius 3 is 2.62 bits per heavy atom. The molecule has 4 heterocycles. The molecule has 5 rings (SSSR count). The Hall–Kier alpha value is -3.08. The number of likely N-dealkylation sites (tertiary alicyclic amines) is 2. The summed E-state index contributed by atoms with van der Waals surface area (Å²) in [7, 11) is 0. The van der Waals surface area contributed by atoms with Crippen molar-refractivity contribution in [1.29, 1.82) is 0 Å². The maximum atomic E-state index is 13.2. The monoisotopic (exact) mass is 466 g/mol. The predicted molar refractivity (Wildman–Crippen MR) is 128 cm³/mol. The lowest BCUT2D eigenvalue weighted by Gasteiger charge is -2.48. The summed E-state index contributed by atoms with van der Waals surface area (Å²) in [5, 5.41) is 15.1. The number of hydrogen-bond acceptors (Lipinski definition) is 9. The van der Waals surface area contributed by atoms with Crippen molar-refractivity contribution in [1.82, 2.24) is 30.2 Å². The van der Waals surface area contributed by atoms with Gasteiger partial charge < -0.3 is 15.3 Å². The Labute approximate surface area is 199 Å². The van der Waals surface area contributed by atoms with Crippen LogP contribution in [-0.4, -0.2) is 87.3 Å². The number of nitrogens with one attached hydrogen (secondary N) is 2. The molecule has 0 saturated carbocycles. The van der Waals surface area contributed by atoms with Crippen molar-refractivity contribution in [3.63, 3.8) is 0 Å². The van der Waals surface area contributed by atoms with Crippen LogP contribution in [0.4, 0.5) is 10.2 Å². The molecule has 0 aliphatic carbocycles. The van der Waals surface area contributed by atoms with Crippen LogP contribution in [0, 0.1) is 5.82 Å². The first-order chi connectivity index (χ1) is 16.6. The fourth-order valence-corrected chi connectivity index (χ4v) is 4.50. The van der Waals surface area contributed by atoms with Crippen LogP contribution in [0.5, 0.6) is 0 Å². The molecule has 1 aromatic carbocycles. The number of aliphatic hydroxyl groups excluding tert-OH is 1. The summed E-state index contributed by atoms with van der Waals surface area (Å²) in [6, 6.07) is 7.11. The zero-order valence-corrected chi connectivity index (χ0v) is 19.1. The lowest BCUT2D eigenvalue weighted by molar-refractivity contribution is 0.0200. The minimum atomic E-state index is -0.223. The van der Waals surface area contributed by atoms with Gasteiger partial charge in [0.15, 0.2) is 0 Å². The van der Waals surface area contributed by atoms with Crippen LogP contribution in [-0.2, 0) is 6.42 Å². The van der Waals surface area contributed by atoms with E-state index in [-0.39, 0.29) is 11.9 Å². The average molecular weight is 467 g/mol. The van der Waals surface area contributed by atoms with E-state index in [2.05, 4.69) is 30.5 Å². The van der Waals surface area contributed by atoms with Crippen LogP contribution in [0.25, 0.3) is 0 Å². The second kappa shape index (κ2) is 10.5. The molecule has 2 fully saturated rings. The number of nitrogens with zero attached hydrogens (tertiary/aromatic N) is 6. The molecule has 2 saturated heterocycles. The van der Waals surface area contributed by atoms with Crippen LogP contribution in [0.15, 0.2) is 59.7 Å². The highest BCUT2D eigenvalue weighted by molar-refractivity contribution is 5.95. The first-order valence-corrected chi connectivity index (χ1v) is 11.9. The van der Waals surface area contributed by atoms with E-state index in [1.165, 1.54) is 12.1 Å². The van der Waals surface area contributed by atoms with Crippen molar-refractivity contribution in [3.8, 4) is 0 Å². The number of amidine groups is 1. The van der Waals surface area contributed by atoms with E-state index in [4.69, 9.17) is 4.99 Å². The third-order valence-corrected chi connectivity index (χ3v) is 6.58. The Morgan fingerprint density at radius 1 is 1.09 bits per heavy atom. The van der Waals surface area contributed by atoms with E-state index in [0.717, 1.165) is 62.7 Å². The van der Waals surface area contributed by atoms with E-state index < -0.39 is 0 Å². The summed E-state index contributed by atoms with van der Waals surface area (Å²) in [5.41, 5.74) is 4.49. The van der Waals surface area contributed by atoms with Gasteiger partial charge in [0.1, 0.15) is 30.0 Å². The van der Waals surface area contributed by atoms with Crippen molar-refractivity contribution in [2.24, 2.45) is 4.99 Å². The fourth-order valence-electron chi connectivity index (χ4n) is 4.50. The van der Waals surface area contributed by atoms with E-state index in [1.54, 1.807) is 30.7 Å². The van der Waals surface area contributed by atoms with Gasteiger partial charge in [-0.2, -0.15) is 0 Å². The topological polar surface area (TPSA) is 92.2 Å². The zero-order chi connectivity index (χ0) is 23.3. The van der Waals surface area contributed by atoms with E-state index in [9.17, 15) is 9.50 Å². The summed E-state index contributed by atoms with van der Waals surface area (Å²) < 4.78 is 13.2. The molecule has 3 N–H and O–H groups in total. The second-order valence-corrected chi connectivity index (χ2v) is 8.94. The highest BCUT2D eigenvalue weighted by Gasteiger charge is 2.35. The Kier molecular flexibility index (Phi) is 6.98. The number of aromatic nitrogens is 2. The highest BCUT2D eigenvalue weighted by Crippen LogP contribution is 2.23. The molecule has 34 heavy (non-hydrogen) atoms. The molecule has 3 aliphatic rings. The number of aliphatic hydroxyl groups is 1. The molecular weight excluding hydrogens is 435 g/mol. The molecule has 0 unspecified atom stereocenters. The van der Waals surface area contributed by atoms with Gasteiger partial charge in [-0.1, -0.05) is 12.1 Å². The molecule has 0 bridgehead atoms. The Morgan fingerprint density at radius 2 is 1.88 bits per heavy atom. The quantitative estimate of drug-likeness (QED) is 0.565. The molecule has 0 amide bonds. The maximum absolute atomic E-state index is 13.2. The Balaban J connectivity index is 1.20. The molecule has 9 nitrogen and oxygen atoms in total. The average Bonchev–Trinajstić information content (AvgIpc) is 2.82. The largest absolute Gasteiger partial charge is 0.393 e. The number of halogens is 1. The van der Waals surface area contributed by atoms with Crippen molar-refractivity contribution >= 4 is 11.7 Å². The van der Waals surface area contributed by atoms with Crippen LogP contribution >= 0.6 is 0 Å². The smallest absolute Gasteiger partial charge is 0.149 e. The lowest BCUT2D eigenvalue weighted by Crippen LogP contribution is -2.62. The minimum absolute atomic E-state index is 0.144. The summed E-state index contributed by atoms with van der Waals surface area (Å²) in [6.45, 7) is 4.97. The summed E-state index contributed by atoms with van der Waals surface area (Å²) >= 11 is 0. The van der Waals surface area contributed by atoms with Crippen LogP contribution in [0.1, 0.15) is 18.4 Å². The first kappa shape index (κ1) is 22.7. The number of rotatable bonds is 7. The van der Waals surface area contributed by atoms with Gasteiger partial charge in [-0.05, 0) is 37.0 Å². The molecule has 3 aliphatic heterocycles. The third kappa shape index (κ3) is 5.52. The molecule has 2 aromatic rings. The van der Waals surface area contributed by atoms with Gasteiger partial charge in [-0.15, -0.1) is 0 Å². The molecule has 1 aromatic heterocycles. The minimum Gasteiger partial charge on any atom is -0.393 e. The standard InChI is InChI=1S/C24H31FN8O/c25-19-3-1-18(2-4-19)5-8-29-33-17-28-23(13-24(33)30-22-14-26-9-10-27-22)32-15-20(16-32)31-11-6-21(34)7-12-31/h1-4,9-10,13-14,20-21,29,34H,5-8,11-12,15-17H2,(H,27,30). The van der Waals surface area contributed by atoms with Crippen molar-refractivity contribution in [3.05, 3.63) is 66.1 Å². The summed E-state index contributed by atoms with van der Waals surface area (Å²) in [5.74, 6) is 2.25. The second-order valence-electron chi connectivity index (χ2n) is 8.94. The van der Waals surface area contributed by atoms with Crippen molar-refractivity contribution < 1.29 is 9.50 Å². The number of piperidine rings is 1. The van der Waals surface area contributed by atoms with Gasteiger partial charge >= 0.3 is 0 Å². The lowest BCUT2D eigenvalue weighted by atomic mass is 10.0. The van der Waals surface area contributed by atoms with Crippen molar-refractivity contribution in [2.45, 2.75) is 31.4 Å². The molecule has 10 heteroatoms. The predicted octanol–water partition coefficient (Wildman–Crippen LogP) is 1.43. The molecule has 0 radical (unpaired) electrons. The van der Waals surface area contributed by atoms with Gasteiger partial charge in [-0.3, -0.25) is 14.9 Å².